The van der Waals surface area contributed by atoms with Gasteiger partial charge in [0.1, 0.15) is 0 Å². The van der Waals surface area contributed by atoms with Crippen molar-refractivity contribution in [2.45, 2.75) is 25.8 Å². The highest BCUT2D eigenvalue weighted by molar-refractivity contribution is 6.30. The lowest BCUT2D eigenvalue weighted by Crippen LogP contribution is -2.36. The van der Waals surface area contributed by atoms with E-state index in [1.807, 2.05) is 31.2 Å². The molecule has 0 saturated heterocycles. The fourth-order valence-corrected chi connectivity index (χ4v) is 1.97. The topological polar surface area (TPSA) is 41.1 Å². The number of halogens is 2. The van der Waals surface area contributed by atoms with Gasteiger partial charge in [-0.2, -0.15) is 0 Å². The molecule has 3 nitrogen and oxygen atoms in total. The molecule has 1 fully saturated rings. The lowest BCUT2D eigenvalue weighted by molar-refractivity contribution is -0.120. The minimum absolute atomic E-state index is 0. The monoisotopic (exact) mass is 302 g/mol. The van der Waals surface area contributed by atoms with E-state index in [0.29, 0.717) is 11.6 Å². The van der Waals surface area contributed by atoms with E-state index in [4.69, 9.17) is 11.6 Å². The van der Waals surface area contributed by atoms with E-state index in [1.54, 1.807) is 0 Å². The normalized spacial score (nSPS) is 15.5. The molecule has 1 aromatic carbocycles. The van der Waals surface area contributed by atoms with Crippen LogP contribution in [0.15, 0.2) is 24.3 Å². The van der Waals surface area contributed by atoms with E-state index in [1.165, 1.54) is 12.8 Å². The van der Waals surface area contributed by atoms with Crippen LogP contribution >= 0.6 is 24.0 Å². The molecule has 2 rings (SSSR count). The van der Waals surface area contributed by atoms with Crippen LogP contribution in [0, 0.1) is 5.92 Å². The highest BCUT2D eigenvalue weighted by Crippen LogP contribution is 2.27. The third-order valence-electron chi connectivity index (χ3n) is 3.16. The number of rotatable bonds is 6. The second-order valence-electron chi connectivity index (χ2n) is 4.92. The Hall–Kier alpha value is -0.770. The Balaban J connectivity index is 0.00000180. The van der Waals surface area contributed by atoms with Crippen LogP contribution in [0.4, 0.5) is 0 Å². The smallest absolute Gasteiger partial charge is 0.234 e. The summed E-state index contributed by atoms with van der Waals surface area (Å²) < 4.78 is 0. The molecule has 1 aromatic rings. The number of amides is 1. The Morgan fingerprint density at radius 1 is 1.37 bits per heavy atom. The van der Waals surface area contributed by atoms with Crippen molar-refractivity contribution >= 4 is 29.9 Å². The van der Waals surface area contributed by atoms with Crippen molar-refractivity contribution in [3.63, 3.8) is 0 Å². The molecule has 0 spiro atoms. The lowest BCUT2D eigenvalue weighted by Gasteiger charge is -2.14. The minimum atomic E-state index is 0. The summed E-state index contributed by atoms with van der Waals surface area (Å²) in [5.74, 6) is 0.838. The zero-order valence-electron chi connectivity index (χ0n) is 11.0. The molecule has 106 valence electrons. The molecule has 1 aliphatic carbocycles. The van der Waals surface area contributed by atoms with Gasteiger partial charge < -0.3 is 10.6 Å². The molecule has 1 atom stereocenters. The van der Waals surface area contributed by atoms with Crippen molar-refractivity contribution in [2.24, 2.45) is 5.92 Å². The van der Waals surface area contributed by atoms with Gasteiger partial charge in [0.05, 0.1) is 12.6 Å². The van der Waals surface area contributed by atoms with Gasteiger partial charge in [0.15, 0.2) is 0 Å². The Bertz CT molecular complexity index is 404. The second-order valence-corrected chi connectivity index (χ2v) is 5.35. The fraction of sp³-hybridized carbons (Fsp3) is 0.500. The van der Waals surface area contributed by atoms with Crippen LogP contribution in [0.5, 0.6) is 0 Å². The van der Waals surface area contributed by atoms with Crippen LogP contribution in [-0.2, 0) is 4.79 Å². The summed E-state index contributed by atoms with van der Waals surface area (Å²) in [4.78, 5) is 11.7. The lowest BCUT2D eigenvalue weighted by atomic mass is 10.1. The van der Waals surface area contributed by atoms with Crippen molar-refractivity contribution in [3.8, 4) is 0 Å². The first-order valence-corrected chi connectivity index (χ1v) is 6.78. The first-order chi connectivity index (χ1) is 8.65. The second kappa shape index (κ2) is 7.73. The minimum Gasteiger partial charge on any atom is -0.348 e. The van der Waals surface area contributed by atoms with E-state index in [9.17, 15) is 4.79 Å². The first kappa shape index (κ1) is 16.3. The van der Waals surface area contributed by atoms with Gasteiger partial charge in [0.25, 0.3) is 0 Å². The molecule has 1 aliphatic rings. The molecule has 0 bridgehead atoms. The summed E-state index contributed by atoms with van der Waals surface area (Å²) in [6.07, 6.45) is 2.60. The molecule has 0 radical (unpaired) electrons. The van der Waals surface area contributed by atoms with Crippen molar-refractivity contribution in [2.75, 3.05) is 13.1 Å². The van der Waals surface area contributed by atoms with Gasteiger partial charge >= 0.3 is 0 Å². The van der Waals surface area contributed by atoms with Gasteiger partial charge in [-0.25, -0.2) is 0 Å². The van der Waals surface area contributed by atoms with Gasteiger partial charge in [-0.15, -0.1) is 12.4 Å². The zero-order valence-corrected chi connectivity index (χ0v) is 12.6. The Morgan fingerprint density at radius 3 is 2.58 bits per heavy atom. The van der Waals surface area contributed by atoms with Crippen LogP contribution in [0.2, 0.25) is 5.02 Å². The Morgan fingerprint density at radius 2 is 2.00 bits per heavy atom. The third-order valence-corrected chi connectivity index (χ3v) is 3.41. The largest absolute Gasteiger partial charge is 0.348 e. The maximum atomic E-state index is 11.7. The van der Waals surface area contributed by atoms with Crippen molar-refractivity contribution in [3.05, 3.63) is 34.9 Å². The maximum absolute atomic E-state index is 11.7. The number of hydrogen-bond acceptors (Lipinski definition) is 2. The van der Waals surface area contributed by atoms with Gasteiger partial charge in [-0.05, 0) is 49.9 Å². The van der Waals surface area contributed by atoms with Crippen LogP contribution in [0.25, 0.3) is 0 Å². The van der Waals surface area contributed by atoms with Crippen LogP contribution < -0.4 is 10.6 Å². The molecule has 0 heterocycles. The van der Waals surface area contributed by atoms with E-state index >= 15 is 0 Å². The molecule has 2 N–H and O–H groups in total. The summed E-state index contributed by atoms with van der Waals surface area (Å²) in [6, 6.07) is 7.56. The first-order valence-electron chi connectivity index (χ1n) is 6.40. The van der Waals surface area contributed by atoms with E-state index in [2.05, 4.69) is 10.6 Å². The molecule has 5 heteroatoms. The summed E-state index contributed by atoms with van der Waals surface area (Å²) in [6.45, 7) is 3.33. The van der Waals surface area contributed by atoms with Crippen molar-refractivity contribution in [1.82, 2.24) is 10.6 Å². The average Bonchev–Trinajstić information content (AvgIpc) is 3.13. The number of nitrogens with one attached hydrogen (secondary N) is 2. The Labute approximate surface area is 125 Å². The highest BCUT2D eigenvalue weighted by Gasteiger charge is 2.20. The molecular formula is C14H20Cl2N2O. The molecule has 0 aliphatic heterocycles. The van der Waals surface area contributed by atoms with E-state index in [-0.39, 0.29) is 24.4 Å². The molecule has 1 saturated carbocycles. The SMILES string of the molecule is CC(NC(=O)CNCC1CC1)c1ccc(Cl)cc1.Cl. The van der Waals surface area contributed by atoms with Gasteiger partial charge in [-0.3, -0.25) is 4.79 Å². The molecular weight excluding hydrogens is 283 g/mol. The number of carbonyl (C=O) groups excluding carboxylic acids is 1. The Kier molecular flexibility index (Phi) is 6.63. The van der Waals surface area contributed by atoms with Gasteiger partial charge in [0.2, 0.25) is 5.91 Å². The number of hydrogen-bond donors (Lipinski definition) is 2. The summed E-state index contributed by atoms with van der Waals surface area (Å²) >= 11 is 5.83. The molecule has 0 aromatic heterocycles. The molecule has 1 amide bonds. The van der Waals surface area contributed by atoms with Crippen LogP contribution in [-0.4, -0.2) is 19.0 Å². The van der Waals surface area contributed by atoms with Crippen molar-refractivity contribution < 1.29 is 4.79 Å². The fourth-order valence-electron chi connectivity index (χ4n) is 1.84. The molecule has 19 heavy (non-hydrogen) atoms. The maximum Gasteiger partial charge on any atom is 0.234 e. The quantitative estimate of drug-likeness (QED) is 0.848. The standard InChI is InChI=1S/C14H19ClN2O.ClH/c1-10(12-4-6-13(15)7-5-12)17-14(18)9-16-8-11-2-3-11;/h4-7,10-11,16H,2-3,8-9H2,1H3,(H,17,18);1H. The summed E-state index contributed by atoms with van der Waals surface area (Å²) in [5, 5.41) is 6.86. The zero-order chi connectivity index (χ0) is 13.0. The summed E-state index contributed by atoms with van der Waals surface area (Å²) in [7, 11) is 0. The number of carbonyl (C=O) groups is 1. The summed E-state index contributed by atoms with van der Waals surface area (Å²) in [5.41, 5.74) is 1.06. The van der Waals surface area contributed by atoms with Crippen LogP contribution in [0.3, 0.4) is 0 Å². The van der Waals surface area contributed by atoms with Crippen molar-refractivity contribution in [1.29, 1.82) is 0 Å². The predicted molar refractivity (Wildman–Crippen MR) is 80.9 cm³/mol. The predicted octanol–water partition coefficient (Wildman–Crippen LogP) is 2.94. The van der Waals surface area contributed by atoms with E-state index < -0.39 is 0 Å². The molecule has 1 unspecified atom stereocenters. The number of benzene rings is 1. The van der Waals surface area contributed by atoms with Crippen LogP contribution in [0.1, 0.15) is 31.4 Å². The third kappa shape index (κ3) is 5.81. The van der Waals surface area contributed by atoms with Gasteiger partial charge in [0, 0.05) is 5.02 Å². The highest BCUT2D eigenvalue weighted by atomic mass is 35.5. The van der Waals surface area contributed by atoms with E-state index in [0.717, 1.165) is 18.0 Å². The van der Waals surface area contributed by atoms with Gasteiger partial charge in [-0.1, -0.05) is 23.7 Å². The average molecular weight is 303 g/mol.